The van der Waals surface area contributed by atoms with E-state index in [1.807, 2.05) is 6.07 Å². The maximum atomic E-state index is 11.8. The van der Waals surface area contributed by atoms with Crippen molar-refractivity contribution in [1.82, 2.24) is 4.72 Å². The summed E-state index contributed by atoms with van der Waals surface area (Å²) in [6.45, 7) is 0. The summed E-state index contributed by atoms with van der Waals surface area (Å²) in [5.74, 6) is -0.802. The number of carbonyl (C=O) groups excluding carboxylic acids is 1. The fourth-order valence-electron chi connectivity index (χ4n) is 2.44. The largest absolute Gasteiger partial charge is 0.274 e. The Morgan fingerprint density at radius 3 is 2.39 bits per heavy atom. The fourth-order valence-corrected chi connectivity index (χ4v) is 4.07. The number of nitriles is 1. The molecule has 0 spiro atoms. The second kappa shape index (κ2) is 4.88. The van der Waals surface area contributed by atoms with Crippen LogP contribution in [0.5, 0.6) is 0 Å². The molecule has 0 aliphatic heterocycles. The van der Waals surface area contributed by atoms with Gasteiger partial charge in [-0.15, -0.1) is 0 Å². The number of carbonyl (C=O) groups is 1. The van der Waals surface area contributed by atoms with Gasteiger partial charge in [0.1, 0.15) is 0 Å². The number of rotatable bonds is 4. The lowest BCUT2D eigenvalue weighted by atomic mass is 9.89. The molecule has 100 valence electrons. The number of hydrogen-bond donors (Lipinski definition) is 1. The lowest BCUT2D eigenvalue weighted by Gasteiger charge is -2.20. The second-order valence-corrected chi connectivity index (χ2v) is 7.17. The maximum Gasteiger partial charge on any atom is 0.236 e. The van der Waals surface area contributed by atoms with E-state index in [2.05, 4.69) is 4.72 Å². The molecule has 0 heterocycles. The van der Waals surface area contributed by atoms with Crippen LogP contribution in [0.25, 0.3) is 0 Å². The Morgan fingerprint density at radius 1 is 1.28 bits per heavy atom. The first-order chi connectivity index (χ1) is 8.46. The summed E-state index contributed by atoms with van der Waals surface area (Å²) in [4.78, 5) is 11.8. The zero-order valence-corrected chi connectivity index (χ0v) is 11.1. The third-order valence-electron chi connectivity index (χ3n) is 3.79. The molecule has 2 saturated carbocycles. The monoisotopic (exact) mass is 270 g/mol. The Hall–Kier alpha value is -1.09. The highest BCUT2D eigenvalue weighted by Gasteiger charge is 2.47. The summed E-state index contributed by atoms with van der Waals surface area (Å²) in [6, 6.07) is 2.03. The number of hydrogen-bond acceptors (Lipinski definition) is 4. The van der Waals surface area contributed by atoms with E-state index in [9.17, 15) is 13.2 Å². The van der Waals surface area contributed by atoms with Gasteiger partial charge in [-0.2, -0.15) is 5.26 Å². The van der Waals surface area contributed by atoms with Gasteiger partial charge in [0, 0.05) is 5.92 Å². The molecule has 18 heavy (non-hydrogen) atoms. The van der Waals surface area contributed by atoms with Gasteiger partial charge in [-0.05, 0) is 25.7 Å². The van der Waals surface area contributed by atoms with Crippen molar-refractivity contribution in [2.75, 3.05) is 5.75 Å². The molecule has 0 bridgehead atoms. The van der Waals surface area contributed by atoms with Crippen LogP contribution < -0.4 is 4.72 Å². The van der Waals surface area contributed by atoms with Gasteiger partial charge in [-0.3, -0.25) is 9.52 Å². The first kappa shape index (κ1) is 13.3. The zero-order valence-electron chi connectivity index (χ0n) is 10.3. The van der Waals surface area contributed by atoms with Gasteiger partial charge in [-0.25, -0.2) is 8.42 Å². The Balaban J connectivity index is 1.91. The minimum Gasteiger partial charge on any atom is -0.274 e. The van der Waals surface area contributed by atoms with Crippen molar-refractivity contribution in [1.29, 1.82) is 5.26 Å². The molecule has 2 aliphatic rings. The van der Waals surface area contributed by atoms with Crippen molar-refractivity contribution in [3.8, 4) is 6.07 Å². The summed E-state index contributed by atoms with van der Waals surface area (Å²) >= 11 is 0. The summed E-state index contributed by atoms with van der Waals surface area (Å²) in [7, 11) is -3.66. The highest BCUT2D eigenvalue weighted by molar-refractivity contribution is 7.90. The van der Waals surface area contributed by atoms with Gasteiger partial charge in [0.2, 0.25) is 15.9 Å². The first-order valence-corrected chi connectivity index (χ1v) is 8.07. The number of amides is 1. The van der Waals surface area contributed by atoms with Crippen LogP contribution in [0.15, 0.2) is 0 Å². The van der Waals surface area contributed by atoms with Gasteiger partial charge < -0.3 is 0 Å². The Bertz CT molecular complexity index is 468. The molecule has 5 nitrogen and oxygen atoms in total. The third-order valence-corrected chi connectivity index (χ3v) is 5.23. The molecule has 1 amide bonds. The second-order valence-electron chi connectivity index (χ2n) is 5.45. The molecular formula is C12H18N2O3S. The Kier molecular flexibility index (Phi) is 3.62. The van der Waals surface area contributed by atoms with E-state index >= 15 is 0 Å². The van der Waals surface area contributed by atoms with Crippen LogP contribution in [-0.2, 0) is 14.8 Å². The van der Waals surface area contributed by atoms with E-state index in [0.717, 1.165) is 32.1 Å². The molecule has 0 unspecified atom stereocenters. The molecule has 2 aliphatic carbocycles. The quantitative estimate of drug-likeness (QED) is 0.834. The summed E-state index contributed by atoms with van der Waals surface area (Å²) < 4.78 is 25.8. The zero-order chi connectivity index (χ0) is 13.2. The molecule has 0 aromatic heterocycles. The van der Waals surface area contributed by atoms with Crippen molar-refractivity contribution >= 4 is 15.9 Å². The van der Waals surface area contributed by atoms with Gasteiger partial charge in [0.15, 0.2) is 0 Å². The van der Waals surface area contributed by atoms with E-state index in [-0.39, 0.29) is 17.6 Å². The van der Waals surface area contributed by atoms with E-state index in [0.29, 0.717) is 12.8 Å². The third kappa shape index (κ3) is 3.22. The van der Waals surface area contributed by atoms with Crippen molar-refractivity contribution in [3.63, 3.8) is 0 Å². The van der Waals surface area contributed by atoms with Crippen LogP contribution in [0.1, 0.15) is 44.9 Å². The van der Waals surface area contributed by atoms with Crippen molar-refractivity contribution < 1.29 is 13.2 Å². The van der Waals surface area contributed by atoms with Gasteiger partial charge >= 0.3 is 0 Å². The summed E-state index contributed by atoms with van der Waals surface area (Å²) in [5.41, 5.74) is -0.737. The summed E-state index contributed by atoms with van der Waals surface area (Å²) in [6.07, 6.45) is 5.86. The lowest BCUT2D eigenvalue weighted by molar-refractivity contribution is -0.124. The molecule has 0 saturated heterocycles. The normalized spacial score (nSPS) is 23.1. The van der Waals surface area contributed by atoms with Gasteiger partial charge in [-0.1, -0.05) is 19.3 Å². The maximum absolute atomic E-state index is 11.8. The molecule has 2 fully saturated rings. The predicted octanol–water partition coefficient (Wildman–Crippen LogP) is 1.32. The molecule has 0 aromatic rings. The minimum absolute atomic E-state index is 0.175. The smallest absolute Gasteiger partial charge is 0.236 e. The molecule has 0 atom stereocenters. The Morgan fingerprint density at radius 2 is 1.89 bits per heavy atom. The first-order valence-electron chi connectivity index (χ1n) is 6.42. The van der Waals surface area contributed by atoms with Crippen molar-refractivity contribution in [2.24, 2.45) is 11.3 Å². The molecule has 2 rings (SSSR count). The number of sulfonamides is 1. The number of nitrogens with zero attached hydrogens (tertiary/aromatic N) is 1. The standard InChI is InChI=1S/C12H18N2O3S/c13-8-12(6-7-12)9-18(16,17)14-11(15)10-4-2-1-3-5-10/h10H,1-7,9H2,(H,14,15). The molecule has 0 radical (unpaired) electrons. The van der Waals surface area contributed by atoms with Crippen molar-refractivity contribution in [2.45, 2.75) is 44.9 Å². The molecule has 0 aromatic carbocycles. The Labute approximate surface area is 108 Å². The SMILES string of the molecule is N#CC1(CS(=O)(=O)NC(=O)C2CCCCC2)CC1. The highest BCUT2D eigenvalue weighted by atomic mass is 32.2. The minimum atomic E-state index is -3.66. The van der Waals surface area contributed by atoms with E-state index < -0.39 is 15.4 Å². The average Bonchev–Trinajstić information content (AvgIpc) is 3.09. The van der Waals surface area contributed by atoms with Crippen LogP contribution in [0.3, 0.4) is 0 Å². The van der Waals surface area contributed by atoms with Crippen LogP contribution in [0, 0.1) is 22.7 Å². The fraction of sp³-hybridized carbons (Fsp3) is 0.833. The van der Waals surface area contributed by atoms with E-state index in [1.54, 1.807) is 0 Å². The molecule has 6 heteroatoms. The van der Waals surface area contributed by atoms with Crippen LogP contribution in [0.2, 0.25) is 0 Å². The predicted molar refractivity (Wildman–Crippen MR) is 65.8 cm³/mol. The van der Waals surface area contributed by atoms with Crippen LogP contribution in [0.4, 0.5) is 0 Å². The summed E-state index contributed by atoms with van der Waals surface area (Å²) in [5, 5.41) is 8.88. The number of nitrogens with one attached hydrogen (secondary N) is 1. The average molecular weight is 270 g/mol. The van der Waals surface area contributed by atoms with Crippen molar-refractivity contribution in [3.05, 3.63) is 0 Å². The topological polar surface area (TPSA) is 87.0 Å². The van der Waals surface area contributed by atoms with Gasteiger partial charge in [0.05, 0.1) is 17.2 Å². The van der Waals surface area contributed by atoms with Crippen LogP contribution in [-0.4, -0.2) is 20.1 Å². The lowest BCUT2D eigenvalue weighted by Crippen LogP contribution is -2.39. The highest BCUT2D eigenvalue weighted by Crippen LogP contribution is 2.45. The molecule has 1 N–H and O–H groups in total. The van der Waals surface area contributed by atoms with Gasteiger partial charge in [0.25, 0.3) is 0 Å². The van der Waals surface area contributed by atoms with E-state index in [4.69, 9.17) is 5.26 Å². The van der Waals surface area contributed by atoms with Crippen LogP contribution >= 0.6 is 0 Å². The van der Waals surface area contributed by atoms with E-state index in [1.165, 1.54) is 0 Å². The molecular weight excluding hydrogens is 252 g/mol.